The van der Waals surface area contributed by atoms with Crippen molar-refractivity contribution in [3.05, 3.63) is 47.3 Å². The van der Waals surface area contributed by atoms with E-state index in [-0.39, 0.29) is 36.8 Å². The number of rotatable bonds is 3. The highest BCUT2D eigenvalue weighted by Crippen LogP contribution is 2.21. The fourth-order valence-corrected chi connectivity index (χ4v) is 2.72. The van der Waals surface area contributed by atoms with Gasteiger partial charge in [0.2, 0.25) is 0 Å². The van der Waals surface area contributed by atoms with E-state index in [4.69, 9.17) is 0 Å². The molecule has 7 nitrogen and oxygen atoms in total. The fraction of sp³-hybridized carbons (Fsp3) is 0.353. The minimum atomic E-state index is -4.61. The molecule has 0 radical (unpaired) electrons. The van der Waals surface area contributed by atoms with Gasteiger partial charge in [0, 0.05) is 37.1 Å². The van der Waals surface area contributed by atoms with E-state index in [1.165, 1.54) is 15.7 Å². The highest BCUT2D eigenvalue weighted by atomic mass is 19.4. The molecule has 0 bridgehead atoms. The molecule has 3 amide bonds. The Morgan fingerprint density at radius 3 is 2.37 bits per heavy atom. The first-order valence-corrected chi connectivity index (χ1v) is 8.60. The number of nitrogens with zero attached hydrogens (tertiary/aromatic N) is 3. The Hall–Kier alpha value is -3.25. The molecule has 0 unspecified atom stereocenters. The normalized spacial score (nSPS) is 14.8. The topological polar surface area (TPSA) is 79.3 Å². The summed E-state index contributed by atoms with van der Waals surface area (Å²) in [6.07, 6.45) is -3.34. The van der Waals surface area contributed by atoms with Crippen molar-refractivity contribution >= 4 is 17.6 Å². The molecule has 2 aromatic rings. The molecule has 0 saturated carbocycles. The number of benzene rings is 1. The number of hydrogen-bond donors (Lipinski definition) is 2. The maximum absolute atomic E-state index is 13.3. The second kappa shape index (κ2) is 7.88. The summed E-state index contributed by atoms with van der Waals surface area (Å²) in [5.74, 6) is -5.39. The third kappa shape index (κ3) is 4.49. The Morgan fingerprint density at radius 2 is 1.77 bits per heavy atom. The van der Waals surface area contributed by atoms with Crippen molar-refractivity contribution in [2.75, 3.05) is 11.9 Å². The summed E-state index contributed by atoms with van der Waals surface area (Å²) >= 11 is 0. The first-order chi connectivity index (χ1) is 14.0. The largest absolute Gasteiger partial charge is 0.408 e. The van der Waals surface area contributed by atoms with Crippen molar-refractivity contribution in [2.24, 2.45) is 0 Å². The van der Waals surface area contributed by atoms with Crippen LogP contribution in [0.25, 0.3) is 0 Å². The van der Waals surface area contributed by atoms with Gasteiger partial charge >= 0.3 is 12.2 Å². The number of carbonyl (C=O) groups excluding carboxylic acids is 2. The number of nitrogens with one attached hydrogen (secondary N) is 2. The van der Waals surface area contributed by atoms with Gasteiger partial charge in [-0.25, -0.2) is 22.9 Å². The number of anilines is 1. The summed E-state index contributed by atoms with van der Waals surface area (Å²) in [7, 11) is 0. The zero-order valence-electron chi connectivity index (χ0n) is 15.4. The monoisotopic (exact) mass is 435 g/mol. The van der Waals surface area contributed by atoms with Crippen LogP contribution >= 0.6 is 0 Å². The molecule has 2 heterocycles. The van der Waals surface area contributed by atoms with Crippen LogP contribution in [0.1, 0.15) is 23.2 Å². The summed E-state index contributed by atoms with van der Waals surface area (Å²) < 4.78 is 78.8. The van der Waals surface area contributed by atoms with Crippen molar-refractivity contribution in [1.29, 1.82) is 0 Å². The van der Waals surface area contributed by atoms with Gasteiger partial charge in [-0.2, -0.15) is 13.2 Å². The summed E-state index contributed by atoms with van der Waals surface area (Å²) in [5, 5.41) is 4.02. The lowest BCUT2D eigenvalue weighted by atomic mass is 10.3. The number of hydrogen-bond acceptors (Lipinski definition) is 3. The molecule has 1 aromatic carbocycles. The predicted octanol–water partition coefficient (Wildman–Crippen LogP) is 3.03. The number of carbonyl (C=O) groups is 2. The molecule has 1 atom stereocenters. The van der Waals surface area contributed by atoms with Crippen LogP contribution in [-0.4, -0.2) is 45.2 Å². The van der Waals surface area contributed by atoms with Crippen LogP contribution in [0.2, 0.25) is 0 Å². The Labute approximate surface area is 165 Å². The lowest BCUT2D eigenvalue weighted by molar-refractivity contribution is -0.149. The summed E-state index contributed by atoms with van der Waals surface area (Å²) in [6, 6.07) is -1.59. The lowest BCUT2D eigenvalue weighted by Gasteiger charge is -2.27. The summed E-state index contributed by atoms with van der Waals surface area (Å²) in [5.41, 5.74) is -0.544. The molecule has 13 heteroatoms. The third-order valence-electron chi connectivity index (χ3n) is 4.40. The van der Waals surface area contributed by atoms with E-state index >= 15 is 0 Å². The van der Waals surface area contributed by atoms with Gasteiger partial charge in [0.05, 0.1) is 6.54 Å². The van der Waals surface area contributed by atoms with E-state index in [9.17, 15) is 35.9 Å². The van der Waals surface area contributed by atoms with Gasteiger partial charge in [0.15, 0.2) is 17.5 Å². The fourth-order valence-electron chi connectivity index (χ4n) is 2.72. The number of halogens is 6. The Kier molecular flexibility index (Phi) is 5.63. The number of alkyl halides is 3. The molecule has 1 aliphatic rings. The Morgan fingerprint density at radius 1 is 1.13 bits per heavy atom. The van der Waals surface area contributed by atoms with Crippen LogP contribution in [0.5, 0.6) is 0 Å². The van der Waals surface area contributed by atoms with E-state index in [2.05, 4.69) is 10.3 Å². The number of fused-ring (bicyclic) bond motifs is 1. The Bertz CT molecular complexity index is 966. The maximum Gasteiger partial charge on any atom is 0.408 e. The van der Waals surface area contributed by atoms with Gasteiger partial charge in [0.1, 0.15) is 17.6 Å². The Balaban J connectivity index is 1.67. The van der Waals surface area contributed by atoms with Crippen molar-refractivity contribution in [3.8, 4) is 0 Å². The van der Waals surface area contributed by atoms with Crippen LogP contribution in [0.3, 0.4) is 0 Å². The summed E-state index contributed by atoms with van der Waals surface area (Å²) in [4.78, 5) is 29.5. The van der Waals surface area contributed by atoms with E-state index in [0.717, 1.165) is 6.92 Å². The highest BCUT2D eigenvalue weighted by molar-refractivity contribution is 5.92. The molecule has 1 aliphatic heterocycles. The standard InChI is InChI=1S/C17H15F6N5O2/c1-8(17(21,22)23)24-15(29)12-6-27-2-3-28(7-13(27)26-12)16(30)25-9-4-10(18)14(20)11(19)5-9/h4-6,8H,2-3,7H2,1H3,(H,24,29)(H,25,30)/t8-/m1/s1. The first-order valence-electron chi connectivity index (χ1n) is 8.60. The van der Waals surface area contributed by atoms with Crippen LogP contribution in [0.4, 0.5) is 36.8 Å². The van der Waals surface area contributed by atoms with E-state index in [0.29, 0.717) is 12.1 Å². The quantitative estimate of drug-likeness (QED) is 0.575. The zero-order valence-corrected chi connectivity index (χ0v) is 15.4. The van der Waals surface area contributed by atoms with Crippen LogP contribution in [0.15, 0.2) is 18.3 Å². The molecule has 2 N–H and O–H groups in total. The average molecular weight is 435 g/mol. The van der Waals surface area contributed by atoms with Crippen molar-refractivity contribution in [3.63, 3.8) is 0 Å². The van der Waals surface area contributed by atoms with E-state index in [1.807, 2.05) is 0 Å². The summed E-state index contributed by atoms with van der Waals surface area (Å²) in [6.45, 7) is 0.993. The van der Waals surface area contributed by atoms with E-state index in [1.54, 1.807) is 5.32 Å². The van der Waals surface area contributed by atoms with Gasteiger partial charge in [-0.15, -0.1) is 0 Å². The van der Waals surface area contributed by atoms with Crippen molar-refractivity contribution in [1.82, 2.24) is 19.8 Å². The molecular weight excluding hydrogens is 420 g/mol. The lowest BCUT2D eigenvalue weighted by Crippen LogP contribution is -2.43. The van der Waals surface area contributed by atoms with Crippen molar-refractivity contribution < 1.29 is 35.9 Å². The highest BCUT2D eigenvalue weighted by Gasteiger charge is 2.37. The van der Waals surface area contributed by atoms with Gasteiger partial charge in [-0.1, -0.05) is 0 Å². The zero-order chi connectivity index (χ0) is 22.2. The second-order valence-corrected chi connectivity index (χ2v) is 6.58. The number of imidazole rings is 1. The molecule has 3 rings (SSSR count). The van der Waals surface area contributed by atoms with Crippen LogP contribution in [-0.2, 0) is 13.1 Å². The maximum atomic E-state index is 13.3. The molecule has 30 heavy (non-hydrogen) atoms. The van der Waals surface area contributed by atoms with Gasteiger partial charge in [0.25, 0.3) is 5.91 Å². The molecule has 0 fully saturated rings. The molecule has 0 saturated heterocycles. The molecular formula is C17H15F6N5O2. The second-order valence-electron chi connectivity index (χ2n) is 6.58. The SMILES string of the molecule is C[C@@H](NC(=O)c1cn2c(n1)CN(C(=O)Nc1cc(F)c(F)c(F)c1)CC2)C(F)(F)F. The minimum absolute atomic E-state index is 0.111. The molecule has 1 aromatic heterocycles. The number of urea groups is 1. The van der Waals surface area contributed by atoms with Gasteiger partial charge < -0.3 is 20.1 Å². The van der Waals surface area contributed by atoms with E-state index < -0.39 is 41.6 Å². The molecule has 162 valence electrons. The number of amides is 3. The van der Waals surface area contributed by atoms with Gasteiger partial charge in [-0.05, 0) is 6.92 Å². The van der Waals surface area contributed by atoms with Crippen LogP contribution in [0, 0.1) is 17.5 Å². The smallest absolute Gasteiger partial charge is 0.339 e. The number of aromatic nitrogens is 2. The average Bonchev–Trinajstić information content (AvgIpc) is 3.08. The predicted molar refractivity (Wildman–Crippen MR) is 91.0 cm³/mol. The molecule has 0 spiro atoms. The van der Waals surface area contributed by atoms with Crippen LogP contribution < -0.4 is 10.6 Å². The minimum Gasteiger partial charge on any atom is -0.339 e. The van der Waals surface area contributed by atoms with Gasteiger partial charge in [-0.3, -0.25) is 4.79 Å². The van der Waals surface area contributed by atoms with Crippen molar-refractivity contribution in [2.45, 2.75) is 32.2 Å². The first kappa shape index (κ1) is 21.5. The molecule has 0 aliphatic carbocycles. The third-order valence-corrected chi connectivity index (χ3v) is 4.40.